The molecule has 0 bridgehead atoms. The monoisotopic (exact) mass is 410 g/mol. The lowest BCUT2D eigenvalue weighted by molar-refractivity contribution is -0.122. The van der Waals surface area contributed by atoms with Crippen LogP contribution < -0.4 is 10.2 Å². The van der Waals surface area contributed by atoms with Crippen LogP contribution in [0.3, 0.4) is 0 Å². The van der Waals surface area contributed by atoms with Gasteiger partial charge in [-0.3, -0.25) is 14.9 Å². The fraction of sp³-hybridized carbons (Fsp3) is 0. The van der Waals surface area contributed by atoms with Crippen molar-refractivity contribution < 1.29 is 19.5 Å². The predicted molar refractivity (Wildman–Crippen MR) is 98.6 cm³/mol. The number of hydrogen-bond donors (Lipinski definition) is 2. The molecule has 0 spiro atoms. The second kappa shape index (κ2) is 6.99. The summed E-state index contributed by atoms with van der Waals surface area (Å²) in [7, 11) is 0. The van der Waals surface area contributed by atoms with E-state index in [4.69, 9.17) is 34.8 Å². The molecule has 1 aliphatic rings. The molecule has 0 aromatic heterocycles. The molecule has 4 amide bonds. The van der Waals surface area contributed by atoms with Crippen molar-refractivity contribution in [3.63, 3.8) is 0 Å². The number of hydrogen-bond acceptors (Lipinski definition) is 4. The first kappa shape index (κ1) is 18.3. The minimum Gasteiger partial charge on any atom is -0.506 e. The molecule has 0 atom stereocenters. The van der Waals surface area contributed by atoms with Crippen LogP contribution in [-0.4, -0.2) is 23.0 Å². The molecule has 1 saturated heterocycles. The van der Waals surface area contributed by atoms with Crippen molar-refractivity contribution in [1.82, 2.24) is 5.32 Å². The van der Waals surface area contributed by atoms with Crippen molar-refractivity contribution in [2.75, 3.05) is 4.90 Å². The van der Waals surface area contributed by atoms with Crippen LogP contribution in [0.4, 0.5) is 10.5 Å². The molecule has 2 N–H and O–H groups in total. The molecule has 0 saturated carbocycles. The standard InChI is InChI=1S/C17H9Cl3N2O4/c18-10-2-1-3-12(14(10)20)22-16(25)9(15(24)21-17(22)26)6-8-4-5-13(23)11(19)7-8/h1-7,23H,(H,21,24,26). The molecule has 9 heteroatoms. The third-order valence-corrected chi connectivity index (χ3v) is 4.67. The van der Waals surface area contributed by atoms with Crippen molar-refractivity contribution in [1.29, 1.82) is 0 Å². The van der Waals surface area contributed by atoms with Gasteiger partial charge in [-0.2, -0.15) is 0 Å². The number of imide groups is 2. The van der Waals surface area contributed by atoms with Crippen molar-refractivity contribution in [2.45, 2.75) is 0 Å². The molecular formula is C17H9Cl3N2O4. The Hall–Kier alpha value is -2.54. The van der Waals surface area contributed by atoms with E-state index in [1.807, 2.05) is 0 Å². The molecular weight excluding hydrogens is 403 g/mol. The third kappa shape index (κ3) is 3.26. The van der Waals surface area contributed by atoms with Crippen molar-refractivity contribution >= 4 is 64.4 Å². The van der Waals surface area contributed by atoms with E-state index in [1.54, 1.807) is 0 Å². The van der Waals surface area contributed by atoms with Gasteiger partial charge >= 0.3 is 6.03 Å². The van der Waals surface area contributed by atoms with E-state index in [9.17, 15) is 19.5 Å². The number of phenolic OH excluding ortho intramolecular Hbond substituents is 1. The van der Waals surface area contributed by atoms with Gasteiger partial charge in [0.1, 0.15) is 11.3 Å². The summed E-state index contributed by atoms with van der Waals surface area (Å²) in [6.45, 7) is 0. The Morgan fingerprint density at radius 2 is 1.73 bits per heavy atom. The number of barbiturate groups is 1. The number of nitrogens with one attached hydrogen (secondary N) is 1. The number of aromatic hydroxyl groups is 1. The summed E-state index contributed by atoms with van der Waals surface area (Å²) in [5, 5.41) is 11.7. The van der Waals surface area contributed by atoms with Gasteiger partial charge in [-0.1, -0.05) is 46.9 Å². The molecule has 1 fully saturated rings. The van der Waals surface area contributed by atoms with E-state index in [0.717, 1.165) is 4.90 Å². The number of amides is 4. The molecule has 0 aliphatic carbocycles. The number of halogens is 3. The fourth-order valence-corrected chi connectivity index (χ4v) is 2.89. The third-order valence-electron chi connectivity index (χ3n) is 3.56. The summed E-state index contributed by atoms with van der Waals surface area (Å²) < 4.78 is 0. The molecule has 132 valence electrons. The van der Waals surface area contributed by atoms with Crippen LogP contribution in [0, 0.1) is 0 Å². The highest BCUT2D eigenvalue weighted by Gasteiger charge is 2.38. The Morgan fingerprint density at radius 3 is 2.42 bits per heavy atom. The van der Waals surface area contributed by atoms with Crippen LogP contribution in [0.15, 0.2) is 42.0 Å². The van der Waals surface area contributed by atoms with Gasteiger partial charge in [0.15, 0.2) is 0 Å². The molecule has 0 unspecified atom stereocenters. The summed E-state index contributed by atoms with van der Waals surface area (Å²) in [6, 6.07) is 7.65. The summed E-state index contributed by atoms with van der Waals surface area (Å²) >= 11 is 17.8. The SMILES string of the molecule is O=C1NC(=O)N(c2cccc(Cl)c2Cl)C(=O)C1=Cc1ccc(O)c(Cl)c1. The normalized spacial score (nSPS) is 16.2. The Bertz CT molecular complexity index is 988. The highest BCUT2D eigenvalue weighted by atomic mass is 35.5. The van der Waals surface area contributed by atoms with Crippen LogP contribution in [0.5, 0.6) is 5.75 Å². The predicted octanol–water partition coefficient (Wildman–Crippen LogP) is 4.02. The van der Waals surface area contributed by atoms with E-state index in [1.165, 1.54) is 42.5 Å². The summed E-state index contributed by atoms with van der Waals surface area (Å²) in [5.74, 6) is -1.87. The first-order valence-corrected chi connectivity index (χ1v) is 8.27. The maximum Gasteiger partial charge on any atom is 0.336 e. The number of carbonyl (C=O) groups excluding carboxylic acids is 3. The zero-order valence-electron chi connectivity index (χ0n) is 12.8. The minimum absolute atomic E-state index is 0.000886. The number of carbonyl (C=O) groups is 3. The average molecular weight is 412 g/mol. The Labute approximate surface area is 162 Å². The van der Waals surface area contributed by atoms with Crippen molar-refractivity contribution in [2.24, 2.45) is 0 Å². The smallest absolute Gasteiger partial charge is 0.336 e. The lowest BCUT2D eigenvalue weighted by Crippen LogP contribution is -2.54. The largest absolute Gasteiger partial charge is 0.506 e. The molecule has 1 aliphatic heterocycles. The van der Waals surface area contributed by atoms with Gasteiger partial charge in [-0.15, -0.1) is 0 Å². The number of phenols is 1. The van der Waals surface area contributed by atoms with Crippen molar-refractivity contribution in [3.05, 3.63) is 62.6 Å². The first-order valence-electron chi connectivity index (χ1n) is 7.13. The van der Waals surface area contributed by atoms with Gasteiger partial charge in [0.05, 0.1) is 20.8 Å². The van der Waals surface area contributed by atoms with E-state index >= 15 is 0 Å². The Kier molecular flexibility index (Phi) is 4.91. The van der Waals surface area contributed by atoms with Gasteiger partial charge < -0.3 is 5.11 Å². The van der Waals surface area contributed by atoms with Gasteiger partial charge in [0, 0.05) is 0 Å². The van der Waals surface area contributed by atoms with E-state index < -0.39 is 17.8 Å². The van der Waals surface area contributed by atoms with Gasteiger partial charge in [0.2, 0.25) is 0 Å². The number of rotatable bonds is 2. The van der Waals surface area contributed by atoms with Crippen LogP contribution in [0.25, 0.3) is 6.08 Å². The number of anilines is 1. The molecule has 2 aromatic rings. The molecule has 26 heavy (non-hydrogen) atoms. The first-order chi connectivity index (χ1) is 12.3. The highest BCUT2D eigenvalue weighted by Crippen LogP contribution is 2.34. The number of nitrogens with zero attached hydrogens (tertiary/aromatic N) is 1. The maximum atomic E-state index is 12.8. The second-order valence-corrected chi connectivity index (χ2v) is 6.43. The van der Waals surface area contributed by atoms with E-state index in [0.29, 0.717) is 5.56 Å². The Balaban J connectivity index is 2.07. The average Bonchev–Trinajstić information content (AvgIpc) is 2.58. The molecule has 6 nitrogen and oxygen atoms in total. The zero-order valence-corrected chi connectivity index (χ0v) is 15.1. The van der Waals surface area contributed by atoms with Crippen LogP contribution in [0.2, 0.25) is 15.1 Å². The lowest BCUT2D eigenvalue weighted by Gasteiger charge is -2.27. The minimum atomic E-state index is -0.940. The Morgan fingerprint density at radius 1 is 1.00 bits per heavy atom. The van der Waals surface area contributed by atoms with Gasteiger partial charge in [0.25, 0.3) is 11.8 Å². The van der Waals surface area contributed by atoms with E-state index in [-0.39, 0.29) is 32.1 Å². The number of benzene rings is 2. The van der Waals surface area contributed by atoms with Crippen molar-refractivity contribution in [3.8, 4) is 5.75 Å². The summed E-state index contributed by atoms with van der Waals surface area (Å²) in [6.07, 6.45) is 1.25. The topological polar surface area (TPSA) is 86.7 Å². The highest BCUT2D eigenvalue weighted by molar-refractivity contribution is 6.46. The second-order valence-electron chi connectivity index (χ2n) is 5.24. The van der Waals surface area contributed by atoms with Crippen LogP contribution >= 0.6 is 34.8 Å². The van der Waals surface area contributed by atoms with Gasteiger partial charge in [-0.05, 0) is 35.9 Å². The van der Waals surface area contributed by atoms with Gasteiger partial charge in [-0.25, -0.2) is 9.69 Å². The van der Waals surface area contributed by atoms with E-state index in [2.05, 4.69) is 5.32 Å². The fourth-order valence-electron chi connectivity index (χ4n) is 2.32. The molecule has 3 rings (SSSR count). The molecule has 2 aromatic carbocycles. The lowest BCUT2D eigenvalue weighted by atomic mass is 10.1. The zero-order chi connectivity index (χ0) is 19.0. The van der Waals surface area contributed by atoms with Crippen LogP contribution in [-0.2, 0) is 9.59 Å². The summed E-state index contributed by atoms with van der Waals surface area (Å²) in [4.78, 5) is 37.8. The molecule has 1 heterocycles. The maximum absolute atomic E-state index is 12.8. The quantitative estimate of drug-likeness (QED) is 0.577. The van der Waals surface area contributed by atoms with Crippen LogP contribution in [0.1, 0.15) is 5.56 Å². The molecule has 0 radical (unpaired) electrons. The summed E-state index contributed by atoms with van der Waals surface area (Å²) in [5.41, 5.74) is 0.129. The number of urea groups is 1.